The van der Waals surface area contributed by atoms with Crippen molar-refractivity contribution in [3.05, 3.63) is 41.7 Å². The van der Waals surface area contributed by atoms with E-state index in [0.29, 0.717) is 5.56 Å². The highest BCUT2D eigenvalue weighted by Crippen LogP contribution is 2.16. The lowest BCUT2D eigenvalue weighted by atomic mass is 10.1. The fourth-order valence-corrected chi connectivity index (χ4v) is 1.81. The third-order valence-corrected chi connectivity index (χ3v) is 2.82. The van der Waals surface area contributed by atoms with Crippen LogP contribution in [0.5, 0.6) is 0 Å². The van der Waals surface area contributed by atoms with Crippen molar-refractivity contribution in [2.75, 3.05) is 11.9 Å². The molecule has 1 aromatic carbocycles. The molecule has 0 saturated carbocycles. The number of aromatic nitrogens is 3. The van der Waals surface area contributed by atoms with Gasteiger partial charge in [0.1, 0.15) is 0 Å². The van der Waals surface area contributed by atoms with Gasteiger partial charge in [0, 0.05) is 25.0 Å². The normalized spacial score (nSPS) is 10.4. The summed E-state index contributed by atoms with van der Waals surface area (Å²) >= 11 is 0. The second-order valence-corrected chi connectivity index (χ2v) is 4.28. The average Bonchev–Trinajstić information content (AvgIpc) is 2.89. The number of carbonyl (C=O) groups is 1. The fraction of sp³-hybridized carbons (Fsp3) is 0.308. The molecule has 6 heteroatoms. The van der Waals surface area contributed by atoms with Gasteiger partial charge in [0.2, 0.25) is 0 Å². The second-order valence-electron chi connectivity index (χ2n) is 4.28. The zero-order chi connectivity index (χ0) is 13.7. The Morgan fingerprint density at radius 3 is 2.95 bits per heavy atom. The van der Waals surface area contributed by atoms with Crippen LogP contribution in [0.3, 0.4) is 0 Å². The largest absolute Gasteiger partial charge is 0.478 e. The zero-order valence-electron chi connectivity index (χ0n) is 10.7. The van der Waals surface area contributed by atoms with Crippen LogP contribution in [-0.4, -0.2) is 32.6 Å². The molecule has 1 heterocycles. The first-order valence-corrected chi connectivity index (χ1v) is 6.09. The van der Waals surface area contributed by atoms with E-state index < -0.39 is 5.97 Å². The number of hydrogen-bond acceptors (Lipinski definition) is 4. The van der Waals surface area contributed by atoms with Crippen molar-refractivity contribution < 1.29 is 9.90 Å². The van der Waals surface area contributed by atoms with Crippen LogP contribution >= 0.6 is 0 Å². The van der Waals surface area contributed by atoms with Crippen molar-refractivity contribution in [2.24, 2.45) is 0 Å². The number of benzene rings is 1. The lowest BCUT2D eigenvalue weighted by Crippen LogP contribution is -2.08. The van der Waals surface area contributed by atoms with E-state index in [1.54, 1.807) is 29.1 Å². The number of carboxylic acid groups (broad SMARTS) is 1. The summed E-state index contributed by atoms with van der Waals surface area (Å²) in [4.78, 5) is 10.8. The number of rotatable bonds is 6. The Labute approximate surface area is 111 Å². The Morgan fingerprint density at radius 1 is 1.47 bits per heavy atom. The minimum atomic E-state index is -0.902. The molecule has 19 heavy (non-hydrogen) atoms. The van der Waals surface area contributed by atoms with Crippen molar-refractivity contribution >= 4 is 11.7 Å². The number of nitrogens with zero attached hydrogens (tertiary/aromatic N) is 3. The molecule has 2 rings (SSSR count). The van der Waals surface area contributed by atoms with Crippen LogP contribution < -0.4 is 5.32 Å². The molecule has 0 saturated heterocycles. The van der Waals surface area contributed by atoms with E-state index >= 15 is 0 Å². The van der Waals surface area contributed by atoms with Gasteiger partial charge >= 0.3 is 5.97 Å². The molecular weight excluding hydrogens is 244 g/mol. The van der Waals surface area contributed by atoms with Crippen LogP contribution in [0.2, 0.25) is 0 Å². The van der Waals surface area contributed by atoms with E-state index in [9.17, 15) is 4.79 Å². The molecule has 0 fully saturated rings. The monoisotopic (exact) mass is 260 g/mol. The molecule has 0 amide bonds. The summed E-state index contributed by atoms with van der Waals surface area (Å²) in [5.41, 5.74) is 2.20. The molecule has 100 valence electrons. The molecule has 0 aliphatic rings. The summed E-state index contributed by atoms with van der Waals surface area (Å²) in [6.07, 6.45) is 4.40. The van der Waals surface area contributed by atoms with Gasteiger partial charge in [-0.15, -0.1) is 5.10 Å². The van der Waals surface area contributed by atoms with E-state index in [2.05, 4.69) is 15.6 Å². The molecule has 0 spiro atoms. The summed E-state index contributed by atoms with van der Waals surface area (Å²) in [7, 11) is 0. The SMILES string of the molecule is Cc1cc(C(=O)O)ccc1NCCCn1ccnn1. The van der Waals surface area contributed by atoms with Crippen molar-refractivity contribution in [3.63, 3.8) is 0 Å². The van der Waals surface area contributed by atoms with E-state index in [0.717, 1.165) is 30.8 Å². The minimum absolute atomic E-state index is 0.311. The highest BCUT2D eigenvalue weighted by Gasteiger charge is 2.05. The van der Waals surface area contributed by atoms with Gasteiger partial charge in [0.25, 0.3) is 0 Å². The van der Waals surface area contributed by atoms with Gasteiger partial charge in [-0.25, -0.2) is 4.79 Å². The molecule has 0 unspecified atom stereocenters. The number of carboxylic acids is 1. The summed E-state index contributed by atoms with van der Waals surface area (Å²) in [5.74, 6) is -0.902. The molecule has 0 aliphatic heterocycles. The summed E-state index contributed by atoms with van der Waals surface area (Å²) in [5, 5.41) is 19.8. The molecule has 6 nitrogen and oxygen atoms in total. The summed E-state index contributed by atoms with van der Waals surface area (Å²) in [6, 6.07) is 5.07. The minimum Gasteiger partial charge on any atom is -0.478 e. The smallest absolute Gasteiger partial charge is 0.335 e. The average molecular weight is 260 g/mol. The molecule has 2 N–H and O–H groups in total. The number of aromatic carboxylic acids is 1. The van der Waals surface area contributed by atoms with Crippen LogP contribution in [0.25, 0.3) is 0 Å². The van der Waals surface area contributed by atoms with Gasteiger partial charge in [0.15, 0.2) is 0 Å². The Hall–Kier alpha value is -2.37. The predicted octanol–water partition coefficient (Wildman–Crippen LogP) is 1.79. The van der Waals surface area contributed by atoms with E-state index in [-0.39, 0.29) is 0 Å². The Bertz CT molecular complexity index is 552. The van der Waals surface area contributed by atoms with Crippen LogP contribution in [0, 0.1) is 6.92 Å². The first-order valence-electron chi connectivity index (χ1n) is 6.09. The van der Waals surface area contributed by atoms with Gasteiger partial charge < -0.3 is 10.4 Å². The van der Waals surface area contributed by atoms with E-state index in [1.165, 1.54) is 0 Å². The van der Waals surface area contributed by atoms with Gasteiger partial charge in [-0.3, -0.25) is 4.68 Å². The summed E-state index contributed by atoms with van der Waals surface area (Å²) < 4.78 is 1.78. The van der Waals surface area contributed by atoms with Crippen molar-refractivity contribution in [3.8, 4) is 0 Å². The van der Waals surface area contributed by atoms with Gasteiger partial charge in [-0.1, -0.05) is 5.21 Å². The lowest BCUT2D eigenvalue weighted by Gasteiger charge is -2.10. The molecule has 0 radical (unpaired) electrons. The fourth-order valence-electron chi connectivity index (χ4n) is 1.81. The third-order valence-electron chi connectivity index (χ3n) is 2.82. The molecule has 2 aromatic rings. The molecule has 0 bridgehead atoms. The highest BCUT2D eigenvalue weighted by molar-refractivity contribution is 5.88. The number of anilines is 1. The second kappa shape index (κ2) is 5.99. The molecule has 0 aliphatic carbocycles. The Kier molecular flexibility index (Phi) is 4.12. The van der Waals surface area contributed by atoms with Crippen molar-refractivity contribution in [2.45, 2.75) is 19.9 Å². The van der Waals surface area contributed by atoms with Gasteiger partial charge in [-0.05, 0) is 37.1 Å². The number of nitrogens with one attached hydrogen (secondary N) is 1. The van der Waals surface area contributed by atoms with E-state index in [4.69, 9.17) is 5.11 Å². The molecular formula is C13H16N4O2. The van der Waals surface area contributed by atoms with Crippen LogP contribution in [0.15, 0.2) is 30.6 Å². The molecule has 1 aromatic heterocycles. The lowest BCUT2D eigenvalue weighted by molar-refractivity contribution is 0.0697. The van der Waals surface area contributed by atoms with Gasteiger partial charge in [-0.2, -0.15) is 0 Å². The zero-order valence-corrected chi connectivity index (χ0v) is 10.7. The Balaban J connectivity index is 1.84. The first kappa shape index (κ1) is 13.1. The Morgan fingerprint density at radius 2 is 2.32 bits per heavy atom. The number of hydrogen-bond donors (Lipinski definition) is 2. The highest BCUT2D eigenvalue weighted by atomic mass is 16.4. The van der Waals surface area contributed by atoms with Crippen LogP contribution in [0.4, 0.5) is 5.69 Å². The van der Waals surface area contributed by atoms with Crippen molar-refractivity contribution in [1.29, 1.82) is 0 Å². The number of aryl methyl sites for hydroxylation is 2. The first-order chi connectivity index (χ1) is 9.16. The maximum Gasteiger partial charge on any atom is 0.335 e. The molecule has 0 atom stereocenters. The van der Waals surface area contributed by atoms with Crippen LogP contribution in [0.1, 0.15) is 22.3 Å². The maximum absolute atomic E-state index is 10.8. The predicted molar refractivity (Wildman–Crippen MR) is 71.3 cm³/mol. The standard InChI is InChI=1S/C13H16N4O2/c1-10-9-11(13(18)19)3-4-12(10)14-5-2-7-17-8-6-15-16-17/h3-4,6,8-9,14H,2,5,7H2,1H3,(H,18,19). The summed E-state index contributed by atoms with van der Waals surface area (Å²) in [6.45, 7) is 3.50. The van der Waals surface area contributed by atoms with Crippen molar-refractivity contribution in [1.82, 2.24) is 15.0 Å². The quantitative estimate of drug-likeness (QED) is 0.774. The van der Waals surface area contributed by atoms with Crippen LogP contribution in [-0.2, 0) is 6.54 Å². The maximum atomic E-state index is 10.8. The van der Waals surface area contributed by atoms with E-state index in [1.807, 2.05) is 13.1 Å². The topological polar surface area (TPSA) is 80.0 Å². The van der Waals surface area contributed by atoms with Gasteiger partial charge in [0.05, 0.1) is 11.8 Å². The third kappa shape index (κ3) is 3.54.